The van der Waals surface area contributed by atoms with Crippen LogP contribution in [0.3, 0.4) is 0 Å². The molecule has 4 rings (SSSR count). The first-order valence-electron chi connectivity index (χ1n) is 10.3. The standard InChI is InChI=1S/C26H22ClFINO2/c1-2-31-25-13-17(15-30-20-10-11-23(28)22(27)14-20)12-24(29)26(25)32-16-19-8-5-7-18-6-3-4-9-21(18)19/h3-14,30H,2,15-16H2,1H3. The number of halogens is 3. The number of hydrogen-bond acceptors (Lipinski definition) is 3. The van der Waals surface area contributed by atoms with Crippen molar-refractivity contribution in [1.82, 2.24) is 0 Å². The minimum absolute atomic E-state index is 0.0942. The van der Waals surface area contributed by atoms with Crippen LogP contribution in [0.1, 0.15) is 18.1 Å². The van der Waals surface area contributed by atoms with Gasteiger partial charge in [-0.2, -0.15) is 0 Å². The molecule has 0 fully saturated rings. The number of fused-ring (bicyclic) bond motifs is 1. The molecule has 164 valence electrons. The SMILES string of the molecule is CCOc1cc(CNc2ccc(F)c(Cl)c2)cc(I)c1OCc1cccc2ccccc12. The van der Waals surface area contributed by atoms with Crippen LogP contribution in [0, 0.1) is 9.39 Å². The van der Waals surface area contributed by atoms with Gasteiger partial charge in [-0.05, 0) is 81.7 Å². The molecule has 0 spiro atoms. The molecule has 0 atom stereocenters. The van der Waals surface area contributed by atoms with Crippen molar-refractivity contribution in [2.24, 2.45) is 0 Å². The summed E-state index contributed by atoms with van der Waals surface area (Å²) < 4.78 is 26.5. The summed E-state index contributed by atoms with van der Waals surface area (Å²) in [5.74, 6) is 1.00. The molecule has 4 aromatic carbocycles. The van der Waals surface area contributed by atoms with Crippen molar-refractivity contribution in [2.45, 2.75) is 20.1 Å². The molecule has 32 heavy (non-hydrogen) atoms. The van der Waals surface area contributed by atoms with Crippen molar-refractivity contribution < 1.29 is 13.9 Å². The highest BCUT2D eigenvalue weighted by atomic mass is 127. The van der Waals surface area contributed by atoms with Gasteiger partial charge in [0.05, 0.1) is 15.2 Å². The van der Waals surface area contributed by atoms with Gasteiger partial charge in [0.15, 0.2) is 11.5 Å². The molecule has 3 nitrogen and oxygen atoms in total. The molecule has 0 unspecified atom stereocenters. The molecule has 1 N–H and O–H groups in total. The average Bonchev–Trinajstić information content (AvgIpc) is 2.79. The van der Waals surface area contributed by atoms with E-state index < -0.39 is 5.82 Å². The second-order valence-corrected chi connectivity index (χ2v) is 8.82. The second-order valence-electron chi connectivity index (χ2n) is 7.25. The Kier molecular flexibility index (Phi) is 7.37. The van der Waals surface area contributed by atoms with E-state index >= 15 is 0 Å². The van der Waals surface area contributed by atoms with E-state index in [4.69, 9.17) is 21.1 Å². The van der Waals surface area contributed by atoms with Gasteiger partial charge in [0, 0.05) is 12.2 Å². The van der Waals surface area contributed by atoms with Crippen LogP contribution in [0.5, 0.6) is 11.5 Å². The molecule has 0 amide bonds. The molecule has 0 aliphatic heterocycles. The lowest BCUT2D eigenvalue weighted by atomic mass is 10.1. The van der Waals surface area contributed by atoms with E-state index in [0.29, 0.717) is 25.5 Å². The van der Waals surface area contributed by atoms with Crippen LogP contribution in [0.4, 0.5) is 10.1 Å². The fourth-order valence-electron chi connectivity index (χ4n) is 3.50. The Morgan fingerprint density at radius 3 is 2.59 bits per heavy atom. The molecule has 0 bridgehead atoms. The van der Waals surface area contributed by atoms with E-state index in [-0.39, 0.29) is 5.02 Å². The zero-order valence-corrected chi connectivity index (χ0v) is 20.4. The van der Waals surface area contributed by atoms with Gasteiger partial charge in [0.25, 0.3) is 0 Å². The van der Waals surface area contributed by atoms with E-state index in [0.717, 1.165) is 26.1 Å². The Morgan fingerprint density at radius 2 is 1.78 bits per heavy atom. The van der Waals surface area contributed by atoms with Crippen LogP contribution in [-0.4, -0.2) is 6.61 Å². The third-order valence-corrected chi connectivity index (χ3v) is 6.13. The minimum atomic E-state index is -0.432. The highest BCUT2D eigenvalue weighted by Crippen LogP contribution is 2.35. The van der Waals surface area contributed by atoms with Gasteiger partial charge >= 0.3 is 0 Å². The number of anilines is 1. The first-order chi connectivity index (χ1) is 15.5. The van der Waals surface area contributed by atoms with Crippen molar-refractivity contribution in [1.29, 1.82) is 0 Å². The normalized spacial score (nSPS) is 10.9. The molecule has 0 saturated carbocycles. The Morgan fingerprint density at radius 1 is 0.969 bits per heavy atom. The van der Waals surface area contributed by atoms with Gasteiger partial charge < -0.3 is 14.8 Å². The molecule has 0 heterocycles. The molecule has 0 saturated heterocycles. The lowest BCUT2D eigenvalue weighted by Crippen LogP contribution is -2.05. The Balaban J connectivity index is 1.53. The quantitative estimate of drug-likeness (QED) is 0.222. The maximum absolute atomic E-state index is 13.4. The smallest absolute Gasteiger partial charge is 0.174 e. The summed E-state index contributed by atoms with van der Waals surface area (Å²) in [6.07, 6.45) is 0. The zero-order valence-electron chi connectivity index (χ0n) is 17.5. The lowest BCUT2D eigenvalue weighted by molar-refractivity contribution is 0.268. The average molecular weight is 562 g/mol. The largest absolute Gasteiger partial charge is 0.490 e. The summed E-state index contributed by atoms with van der Waals surface area (Å²) in [6.45, 7) is 3.47. The van der Waals surface area contributed by atoms with E-state index in [1.807, 2.05) is 31.2 Å². The van der Waals surface area contributed by atoms with E-state index in [9.17, 15) is 4.39 Å². The van der Waals surface area contributed by atoms with Crippen LogP contribution in [-0.2, 0) is 13.2 Å². The number of ether oxygens (including phenoxy) is 2. The fourth-order valence-corrected chi connectivity index (χ4v) is 4.51. The second kappa shape index (κ2) is 10.4. The maximum Gasteiger partial charge on any atom is 0.174 e. The number of rotatable bonds is 8. The van der Waals surface area contributed by atoms with Crippen LogP contribution in [0.2, 0.25) is 5.02 Å². The third kappa shape index (κ3) is 5.27. The van der Waals surface area contributed by atoms with Gasteiger partial charge in [-0.25, -0.2) is 4.39 Å². The van der Waals surface area contributed by atoms with Gasteiger partial charge in [-0.1, -0.05) is 54.1 Å². The van der Waals surface area contributed by atoms with Crippen molar-refractivity contribution in [3.05, 3.63) is 98.3 Å². The number of benzene rings is 4. The van der Waals surface area contributed by atoms with Crippen LogP contribution >= 0.6 is 34.2 Å². The first-order valence-corrected chi connectivity index (χ1v) is 11.7. The summed E-state index contributed by atoms with van der Waals surface area (Å²) in [5.41, 5.74) is 2.90. The van der Waals surface area contributed by atoms with E-state index in [1.54, 1.807) is 12.1 Å². The summed E-state index contributed by atoms with van der Waals surface area (Å²) >= 11 is 8.15. The monoisotopic (exact) mass is 561 g/mol. The summed E-state index contributed by atoms with van der Waals surface area (Å²) in [6, 6.07) is 23.1. The van der Waals surface area contributed by atoms with E-state index in [1.165, 1.54) is 16.8 Å². The van der Waals surface area contributed by atoms with Crippen molar-refractivity contribution in [3.8, 4) is 11.5 Å². The fraction of sp³-hybridized carbons (Fsp3) is 0.154. The van der Waals surface area contributed by atoms with Crippen molar-refractivity contribution in [3.63, 3.8) is 0 Å². The van der Waals surface area contributed by atoms with Gasteiger partial charge in [-0.15, -0.1) is 0 Å². The molecular formula is C26H22ClFINO2. The molecule has 0 radical (unpaired) electrons. The van der Waals surface area contributed by atoms with Gasteiger partial charge in [0.2, 0.25) is 0 Å². The number of nitrogens with one attached hydrogen (secondary N) is 1. The predicted octanol–water partition coefficient (Wildman–Crippen LogP) is 7.83. The third-order valence-electron chi connectivity index (χ3n) is 5.04. The van der Waals surface area contributed by atoms with Crippen LogP contribution in [0.15, 0.2) is 72.8 Å². The zero-order chi connectivity index (χ0) is 22.5. The highest BCUT2D eigenvalue weighted by molar-refractivity contribution is 14.1. The number of hydrogen-bond donors (Lipinski definition) is 1. The minimum Gasteiger partial charge on any atom is -0.490 e. The summed E-state index contributed by atoms with van der Waals surface area (Å²) in [7, 11) is 0. The van der Waals surface area contributed by atoms with Crippen LogP contribution in [0.25, 0.3) is 10.8 Å². The predicted molar refractivity (Wildman–Crippen MR) is 137 cm³/mol. The van der Waals surface area contributed by atoms with Crippen molar-refractivity contribution >= 4 is 50.7 Å². The molecule has 0 aromatic heterocycles. The van der Waals surface area contributed by atoms with Crippen molar-refractivity contribution in [2.75, 3.05) is 11.9 Å². The Bertz CT molecular complexity index is 1240. The summed E-state index contributed by atoms with van der Waals surface area (Å²) in [4.78, 5) is 0. The topological polar surface area (TPSA) is 30.5 Å². The molecule has 0 aliphatic carbocycles. The molecule has 4 aromatic rings. The Labute approximate surface area is 205 Å². The maximum atomic E-state index is 13.4. The highest BCUT2D eigenvalue weighted by Gasteiger charge is 2.14. The molecular weight excluding hydrogens is 540 g/mol. The van der Waals surface area contributed by atoms with E-state index in [2.05, 4.69) is 58.2 Å². The molecule has 0 aliphatic rings. The first kappa shape index (κ1) is 22.7. The summed E-state index contributed by atoms with van der Waals surface area (Å²) in [5, 5.41) is 5.74. The Hall–Kier alpha value is -2.51. The lowest BCUT2D eigenvalue weighted by Gasteiger charge is -2.17. The van der Waals surface area contributed by atoms with Gasteiger partial charge in [-0.3, -0.25) is 0 Å². The van der Waals surface area contributed by atoms with Crippen LogP contribution < -0.4 is 14.8 Å². The van der Waals surface area contributed by atoms with Gasteiger partial charge in [0.1, 0.15) is 12.4 Å². The molecule has 6 heteroatoms.